The molecule has 2 N–H and O–H groups in total. The maximum atomic E-state index is 5.92. The molecule has 0 fully saturated rings. The van der Waals surface area contributed by atoms with Gasteiger partial charge in [0.2, 0.25) is 0 Å². The smallest absolute Gasteiger partial charge is 0.0601 e. The topological polar surface area (TPSA) is 26.0 Å². The van der Waals surface area contributed by atoms with E-state index < -0.39 is 0 Å². The SMILES string of the molecule is CCC(N)C(C)Sc1cccs1. The molecule has 1 aromatic rings. The Morgan fingerprint density at radius 2 is 2.42 bits per heavy atom. The van der Waals surface area contributed by atoms with Crippen molar-refractivity contribution in [2.24, 2.45) is 5.73 Å². The minimum Gasteiger partial charge on any atom is -0.327 e. The van der Waals surface area contributed by atoms with Crippen molar-refractivity contribution in [2.45, 2.75) is 35.8 Å². The molecular formula is C9H15NS2. The van der Waals surface area contributed by atoms with Crippen LogP contribution >= 0.6 is 23.1 Å². The summed E-state index contributed by atoms with van der Waals surface area (Å²) in [6, 6.07) is 4.54. The van der Waals surface area contributed by atoms with Crippen LogP contribution in [-0.2, 0) is 0 Å². The van der Waals surface area contributed by atoms with Gasteiger partial charge in [0.05, 0.1) is 4.21 Å². The van der Waals surface area contributed by atoms with Crippen LogP contribution in [0.1, 0.15) is 20.3 Å². The molecule has 3 heteroatoms. The second kappa shape index (κ2) is 4.90. The summed E-state index contributed by atoms with van der Waals surface area (Å²) in [7, 11) is 0. The van der Waals surface area contributed by atoms with Crippen LogP contribution in [0.25, 0.3) is 0 Å². The van der Waals surface area contributed by atoms with Gasteiger partial charge in [0.1, 0.15) is 0 Å². The van der Waals surface area contributed by atoms with Crippen LogP contribution < -0.4 is 5.73 Å². The van der Waals surface area contributed by atoms with Crippen molar-refractivity contribution in [3.63, 3.8) is 0 Å². The maximum Gasteiger partial charge on any atom is 0.0601 e. The minimum absolute atomic E-state index is 0.317. The minimum atomic E-state index is 0.317. The lowest BCUT2D eigenvalue weighted by molar-refractivity contribution is 0.643. The van der Waals surface area contributed by atoms with Crippen molar-refractivity contribution < 1.29 is 0 Å². The normalized spacial score (nSPS) is 15.9. The van der Waals surface area contributed by atoms with Gasteiger partial charge in [-0.05, 0) is 17.9 Å². The summed E-state index contributed by atoms with van der Waals surface area (Å²) in [4.78, 5) is 0. The number of thioether (sulfide) groups is 1. The lowest BCUT2D eigenvalue weighted by atomic mass is 10.2. The van der Waals surface area contributed by atoms with Crippen molar-refractivity contribution in [1.29, 1.82) is 0 Å². The first-order valence-electron chi connectivity index (χ1n) is 4.19. The highest BCUT2D eigenvalue weighted by Gasteiger charge is 2.11. The lowest BCUT2D eigenvalue weighted by Crippen LogP contribution is -2.29. The van der Waals surface area contributed by atoms with Crippen molar-refractivity contribution in [2.75, 3.05) is 0 Å². The maximum absolute atomic E-state index is 5.92. The Kier molecular flexibility index (Phi) is 4.12. The van der Waals surface area contributed by atoms with Gasteiger partial charge in [-0.1, -0.05) is 19.9 Å². The third-order valence-corrected chi connectivity index (χ3v) is 4.20. The van der Waals surface area contributed by atoms with Crippen LogP contribution in [-0.4, -0.2) is 11.3 Å². The fourth-order valence-electron chi connectivity index (χ4n) is 0.933. The van der Waals surface area contributed by atoms with Crippen molar-refractivity contribution in [1.82, 2.24) is 0 Å². The Morgan fingerprint density at radius 1 is 1.67 bits per heavy atom. The monoisotopic (exact) mass is 201 g/mol. The molecule has 0 aliphatic rings. The van der Waals surface area contributed by atoms with Crippen molar-refractivity contribution >= 4 is 23.1 Å². The summed E-state index contributed by atoms with van der Waals surface area (Å²) >= 11 is 3.66. The van der Waals surface area contributed by atoms with E-state index in [-0.39, 0.29) is 0 Å². The molecular weight excluding hydrogens is 186 g/mol. The summed E-state index contributed by atoms with van der Waals surface area (Å²) < 4.78 is 1.37. The molecule has 1 rings (SSSR count). The predicted octanol–water partition coefficient (Wildman–Crippen LogP) is 2.97. The fraction of sp³-hybridized carbons (Fsp3) is 0.556. The zero-order chi connectivity index (χ0) is 8.97. The van der Waals surface area contributed by atoms with E-state index in [4.69, 9.17) is 5.73 Å². The number of nitrogens with two attached hydrogens (primary N) is 1. The Hall–Kier alpha value is 0.01000. The molecule has 2 atom stereocenters. The molecule has 68 valence electrons. The molecule has 1 nitrogen and oxygen atoms in total. The van der Waals surface area contributed by atoms with E-state index in [2.05, 4.69) is 31.4 Å². The van der Waals surface area contributed by atoms with Gasteiger partial charge < -0.3 is 5.73 Å². The summed E-state index contributed by atoms with van der Waals surface area (Å²) in [5.41, 5.74) is 5.92. The third-order valence-electron chi connectivity index (χ3n) is 1.87. The molecule has 0 aliphatic carbocycles. The molecule has 1 aromatic heterocycles. The van der Waals surface area contributed by atoms with Crippen molar-refractivity contribution in [3.8, 4) is 0 Å². The average molecular weight is 201 g/mol. The first-order valence-corrected chi connectivity index (χ1v) is 5.95. The van der Waals surface area contributed by atoms with Crippen molar-refractivity contribution in [3.05, 3.63) is 17.5 Å². The van der Waals surface area contributed by atoms with Crippen LogP contribution in [0.15, 0.2) is 21.7 Å². The van der Waals surface area contributed by atoms with Crippen LogP contribution in [0.5, 0.6) is 0 Å². The molecule has 12 heavy (non-hydrogen) atoms. The predicted molar refractivity (Wildman–Crippen MR) is 57.9 cm³/mol. The van der Waals surface area contributed by atoms with Crippen LogP contribution in [0, 0.1) is 0 Å². The Balaban J connectivity index is 2.41. The van der Waals surface area contributed by atoms with Crippen LogP contribution in [0.4, 0.5) is 0 Å². The van der Waals surface area contributed by atoms with Gasteiger partial charge in [0, 0.05) is 11.3 Å². The highest BCUT2D eigenvalue weighted by molar-refractivity contribution is 8.01. The van der Waals surface area contributed by atoms with E-state index in [0.29, 0.717) is 11.3 Å². The molecule has 0 aromatic carbocycles. The van der Waals surface area contributed by atoms with Gasteiger partial charge >= 0.3 is 0 Å². The summed E-state index contributed by atoms with van der Waals surface area (Å²) in [5, 5.41) is 2.63. The van der Waals surface area contributed by atoms with E-state index in [9.17, 15) is 0 Å². The van der Waals surface area contributed by atoms with Gasteiger partial charge in [-0.25, -0.2) is 0 Å². The summed E-state index contributed by atoms with van der Waals surface area (Å²) in [5.74, 6) is 0. The molecule has 0 amide bonds. The second-order valence-corrected chi connectivity index (χ2v) is 5.45. The quantitative estimate of drug-likeness (QED) is 0.758. The van der Waals surface area contributed by atoms with E-state index >= 15 is 0 Å². The van der Waals surface area contributed by atoms with Gasteiger partial charge in [-0.3, -0.25) is 0 Å². The van der Waals surface area contributed by atoms with E-state index in [1.165, 1.54) is 4.21 Å². The molecule has 2 unspecified atom stereocenters. The largest absolute Gasteiger partial charge is 0.327 e. The standard InChI is InChI=1S/C9H15NS2/c1-3-8(10)7(2)12-9-5-4-6-11-9/h4-8H,3,10H2,1-2H3. The van der Waals surface area contributed by atoms with Gasteiger partial charge in [-0.2, -0.15) is 0 Å². The molecule has 0 saturated carbocycles. The average Bonchev–Trinajstić information content (AvgIpc) is 2.55. The van der Waals surface area contributed by atoms with Gasteiger partial charge in [0.25, 0.3) is 0 Å². The number of thiophene rings is 1. The van der Waals surface area contributed by atoms with Gasteiger partial charge in [-0.15, -0.1) is 23.1 Å². The van der Waals surface area contributed by atoms with Gasteiger partial charge in [0.15, 0.2) is 0 Å². The molecule has 0 spiro atoms. The number of hydrogen-bond acceptors (Lipinski definition) is 3. The number of rotatable bonds is 4. The summed E-state index contributed by atoms with van der Waals surface area (Å²) in [6.07, 6.45) is 1.06. The highest BCUT2D eigenvalue weighted by Crippen LogP contribution is 2.29. The Bertz CT molecular complexity index is 208. The molecule has 0 bridgehead atoms. The first kappa shape index (κ1) is 10.1. The van der Waals surface area contributed by atoms with E-state index in [1.807, 2.05) is 11.8 Å². The second-order valence-electron chi connectivity index (χ2n) is 2.83. The highest BCUT2D eigenvalue weighted by atomic mass is 32.2. The van der Waals surface area contributed by atoms with Crippen LogP contribution in [0.2, 0.25) is 0 Å². The molecule has 0 radical (unpaired) electrons. The zero-order valence-corrected chi connectivity index (χ0v) is 9.12. The van der Waals surface area contributed by atoms with E-state index in [0.717, 1.165) is 6.42 Å². The van der Waals surface area contributed by atoms with Crippen LogP contribution in [0.3, 0.4) is 0 Å². The Morgan fingerprint density at radius 3 is 2.92 bits per heavy atom. The summed E-state index contributed by atoms with van der Waals surface area (Å²) in [6.45, 7) is 4.33. The fourth-order valence-corrected chi connectivity index (χ4v) is 3.12. The van der Waals surface area contributed by atoms with E-state index in [1.54, 1.807) is 11.3 Å². The number of hydrogen-bond donors (Lipinski definition) is 1. The zero-order valence-electron chi connectivity index (χ0n) is 7.49. The molecule has 0 aliphatic heterocycles. The third kappa shape index (κ3) is 2.81. The lowest BCUT2D eigenvalue weighted by Gasteiger charge is -2.16. The molecule has 0 saturated heterocycles. The first-order chi connectivity index (χ1) is 5.74. The Labute approximate surface area is 82.4 Å². The molecule has 1 heterocycles.